The molecule has 0 spiro atoms. The number of hydrogen-bond donors (Lipinski definition) is 1. The number of nitriles is 1. The lowest BCUT2D eigenvalue weighted by molar-refractivity contribution is 0.571. The number of nitrogens with zero attached hydrogens (tertiary/aromatic N) is 1. The first kappa shape index (κ1) is 15.2. The maximum atomic E-state index is 13.6. The highest BCUT2D eigenvalue weighted by molar-refractivity contribution is 5.30. The number of rotatable bonds is 5. The van der Waals surface area contributed by atoms with Crippen LogP contribution in [0.15, 0.2) is 48.5 Å². The van der Waals surface area contributed by atoms with Crippen molar-refractivity contribution in [3.05, 3.63) is 71.0 Å². The SMILES string of the molecule is CC(C)c1ccc(C(C#N)NCc2ccccc2F)cc1. The highest BCUT2D eigenvalue weighted by Crippen LogP contribution is 2.19. The first-order valence-electron chi connectivity index (χ1n) is 7.08. The monoisotopic (exact) mass is 282 g/mol. The molecule has 0 saturated carbocycles. The van der Waals surface area contributed by atoms with Gasteiger partial charge in [0, 0.05) is 12.1 Å². The molecule has 0 aliphatic carbocycles. The van der Waals surface area contributed by atoms with Crippen LogP contribution in [0.3, 0.4) is 0 Å². The standard InChI is InChI=1S/C18H19FN2/c1-13(2)14-7-9-15(10-8-14)18(11-20)21-12-16-5-3-4-6-17(16)19/h3-10,13,18,21H,12H2,1-2H3. The Labute approximate surface area is 125 Å². The molecule has 21 heavy (non-hydrogen) atoms. The van der Waals surface area contributed by atoms with Crippen molar-refractivity contribution in [1.82, 2.24) is 5.32 Å². The number of halogens is 1. The summed E-state index contributed by atoms with van der Waals surface area (Å²) in [6.45, 7) is 4.59. The van der Waals surface area contributed by atoms with Crippen LogP contribution in [0.25, 0.3) is 0 Å². The molecule has 0 saturated heterocycles. The van der Waals surface area contributed by atoms with Crippen LogP contribution in [0.2, 0.25) is 0 Å². The van der Waals surface area contributed by atoms with Crippen LogP contribution in [0.4, 0.5) is 4.39 Å². The van der Waals surface area contributed by atoms with Crippen molar-refractivity contribution in [2.75, 3.05) is 0 Å². The van der Waals surface area contributed by atoms with Crippen molar-refractivity contribution in [1.29, 1.82) is 5.26 Å². The molecule has 2 rings (SSSR count). The van der Waals surface area contributed by atoms with Gasteiger partial charge in [-0.2, -0.15) is 5.26 Å². The van der Waals surface area contributed by atoms with E-state index in [0.29, 0.717) is 18.0 Å². The van der Waals surface area contributed by atoms with Gasteiger partial charge in [-0.3, -0.25) is 5.32 Å². The van der Waals surface area contributed by atoms with E-state index in [2.05, 4.69) is 25.2 Å². The highest BCUT2D eigenvalue weighted by atomic mass is 19.1. The smallest absolute Gasteiger partial charge is 0.127 e. The Kier molecular flexibility index (Phi) is 5.08. The predicted octanol–water partition coefficient (Wildman–Crippen LogP) is 4.30. The number of benzene rings is 2. The zero-order chi connectivity index (χ0) is 15.2. The lowest BCUT2D eigenvalue weighted by Crippen LogP contribution is -2.20. The van der Waals surface area contributed by atoms with Gasteiger partial charge in [-0.05, 0) is 23.1 Å². The molecule has 2 aromatic carbocycles. The molecule has 2 aromatic rings. The Morgan fingerprint density at radius 3 is 2.24 bits per heavy atom. The molecule has 0 fully saturated rings. The Balaban J connectivity index is 2.07. The summed E-state index contributed by atoms with van der Waals surface area (Å²) in [6.07, 6.45) is 0. The van der Waals surface area contributed by atoms with Gasteiger partial charge in [-0.15, -0.1) is 0 Å². The van der Waals surface area contributed by atoms with E-state index in [4.69, 9.17) is 0 Å². The second kappa shape index (κ2) is 7.01. The Morgan fingerprint density at radius 1 is 1.05 bits per heavy atom. The molecular formula is C18H19FN2. The topological polar surface area (TPSA) is 35.8 Å². The lowest BCUT2D eigenvalue weighted by atomic mass is 9.99. The summed E-state index contributed by atoms with van der Waals surface area (Å²) in [6, 6.07) is 16.4. The maximum absolute atomic E-state index is 13.6. The molecule has 1 atom stereocenters. The van der Waals surface area contributed by atoms with Crippen LogP contribution in [0.1, 0.15) is 42.5 Å². The average Bonchev–Trinajstić information content (AvgIpc) is 2.50. The van der Waals surface area contributed by atoms with E-state index in [1.807, 2.05) is 24.3 Å². The molecule has 2 nitrogen and oxygen atoms in total. The van der Waals surface area contributed by atoms with Crippen molar-refractivity contribution in [3.63, 3.8) is 0 Å². The van der Waals surface area contributed by atoms with Gasteiger partial charge in [0.1, 0.15) is 11.9 Å². The molecule has 1 unspecified atom stereocenters. The third kappa shape index (κ3) is 3.90. The van der Waals surface area contributed by atoms with E-state index in [0.717, 1.165) is 5.56 Å². The summed E-state index contributed by atoms with van der Waals surface area (Å²) in [5.74, 6) is 0.211. The van der Waals surface area contributed by atoms with E-state index in [9.17, 15) is 9.65 Å². The summed E-state index contributed by atoms with van der Waals surface area (Å²) < 4.78 is 13.6. The van der Waals surface area contributed by atoms with Gasteiger partial charge in [-0.25, -0.2) is 4.39 Å². The van der Waals surface area contributed by atoms with Gasteiger partial charge in [0.25, 0.3) is 0 Å². The molecule has 0 heterocycles. The minimum atomic E-state index is -0.439. The Hall–Kier alpha value is -2.18. The van der Waals surface area contributed by atoms with Crippen LogP contribution in [-0.2, 0) is 6.54 Å². The molecule has 0 amide bonds. The quantitative estimate of drug-likeness (QED) is 0.887. The van der Waals surface area contributed by atoms with E-state index >= 15 is 0 Å². The van der Waals surface area contributed by atoms with E-state index in [1.165, 1.54) is 11.6 Å². The van der Waals surface area contributed by atoms with Crippen LogP contribution in [0.5, 0.6) is 0 Å². The van der Waals surface area contributed by atoms with E-state index in [1.54, 1.807) is 18.2 Å². The molecule has 3 heteroatoms. The van der Waals surface area contributed by atoms with Crippen molar-refractivity contribution >= 4 is 0 Å². The summed E-state index contributed by atoms with van der Waals surface area (Å²) in [5, 5.41) is 12.4. The Bertz CT molecular complexity index is 626. The number of hydrogen-bond acceptors (Lipinski definition) is 2. The molecule has 0 bridgehead atoms. The molecular weight excluding hydrogens is 263 g/mol. The summed E-state index contributed by atoms with van der Waals surface area (Å²) >= 11 is 0. The van der Waals surface area contributed by atoms with E-state index in [-0.39, 0.29) is 5.82 Å². The van der Waals surface area contributed by atoms with Crippen LogP contribution < -0.4 is 5.32 Å². The fourth-order valence-electron chi connectivity index (χ4n) is 2.17. The number of nitrogens with one attached hydrogen (secondary N) is 1. The van der Waals surface area contributed by atoms with Crippen LogP contribution >= 0.6 is 0 Å². The fraction of sp³-hybridized carbons (Fsp3) is 0.278. The second-order valence-corrected chi connectivity index (χ2v) is 5.36. The average molecular weight is 282 g/mol. The van der Waals surface area contributed by atoms with Gasteiger partial charge >= 0.3 is 0 Å². The van der Waals surface area contributed by atoms with Gasteiger partial charge in [-0.1, -0.05) is 56.3 Å². The molecule has 0 aliphatic rings. The second-order valence-electron chi connectivity index (χ2n) is 5.36. The first-order valence-corrected chi connectivity index (χ1v) is 7.08. The molecule has 0 radical (unpaired) electrons. The maximum Gasteiger partial charge on any atom is 0.127 e. The summed E-state index contributed by atoms with van der Waals surface area (Å²) in [7, 11) is 0. The molecule has 1 N–H and O–H groups in total. The minimum Gasteiger partial charge on any atom is -0.294 e. The molecule has 0 aromatic heterocycles. The van der Waals surface area contributed by atoms with Gasteiger partial charge in [0.05, 0.1) is 6.07 Å². The summed E-state index contributed by atoms with van der Waals surface area (Å²) in [5.41, 5.74) is 2.71. The van der Waals surface area contributed by atoms with Crippen molar-refractivity contribution < 1.29 is 4.39 Å². The minimum absolute atomic E-state index is 0.253. The van der Waals surface area contributed by atoms with Crippen molar-refractivity contribution in [3.8, 4) is 6.07 Å². The van der Waals surface area contributed by atoms with Crippen molar-refractivity contribution in [2.45, 2.75) is 32.4 Å². The molecule has 108 valence electrons. The zero-order valence-electron chi connectivity index (χ0n) is 12.3. The molecule has 0 aliphatic heterocycles. The predicted molar refractivity (Wildman–Crippen MR) is 82.1 cm³/mol. The van der Waals surface area contributed by atoms with E-state index < -0.39 is 6.04 Å². The van der Waals surface area contributed by atoms with Crippen molar-refractivity contribution in [2.24, 2.45) is 0 Å². The van der Waals surface area contributed by atoms with Gasteiger partial charge < -0.3 is 0 Å². The van der Waals surface area contributed by atoms with Crippen LogP contribution in [-0.4, -0.2) is 0 Å². The zero-order valence-corrected chi connectivity index (χ0v) is 12.3. The fourth-order valence-corrected chi connectivity index (χ4v) is 2.17. The van der Waals surface area contributed by atoms with Gasteiger partial charge in [0.15, 0.2) is 0 Å². The first-order chi connectivity index (χ1) is 10.1. The third-order valence-corrected chi connectivity index (χ3v) is 3.52. The summed E-state index contributed by atoms with van der Waals surface area (Å²) in [4.78, 5) is 0. The van der Waals surface area contributed by atoms with Crippen LogP contribution in [0, 0.1) is 17.1 Å². The largest absolute Gasteiger partial charge is 0.294 e. The Morgan fingerprint density at radius 2 is 1.67 bits per heavy atom. The third-order valence-electron chi connectivity index (χ3n) is 3.52. The lowest BCUT2D eigenvalue weighted by Gasteiger charge is -2.13. The van der Waals surface area contributed by atoms with Gasteiger partial charge in [0.2, 0.25) is 0 Å². The highest BCUT2D eigenvalue weighted by Gasteiger charge is 2.11. The normalized spacial score (nSPS) is 12.1.